The molecule has 0 fully saturated rings. The summed E-state index contributed by atoms with van der Waals surface area (Å²) in [7, 11) is 0. The van der Waals surface area contributed by atoms with Gasteiger partial charge in [-0.2, -0.15) is 0 Å². The van der Waals surface area contributed by atoms with E-state index in [1.54, 1.807) is 12.1 Å². The fourth-order valence-corrected chi connectivity index (χ4v) is 3.08. The Morgan fingerprint density at radius 1 is 1.17 bits per heavy atom. The molecule has 0 amide bonds. The third-order valence-corrected chi connectivity index (χ3v) is 4.37. The summed E-state index contributed by atoms with van der Waals surface area (Å²) < 4.78 is 30.3. The Balaban J connectivity index is 2.03. The molecule has 2 aromatic carbocycles. The highest BCUT2D eigenvalue weighted by Crippen LogP contribution is 2.39. The lowest BCUT2D eigenvalue weighted by Crippen LogP contribution is -2.06. The fraction of sp³-hybridized carbons (Fsp3) is 0.318. The number of carboxylic acid groups (broad SMARTS) is 1. The maximum atomic E-state index is 13.3. The molecule has 7 heteroatoms. The quantitative estimate of drug-likeness (QED) is 0.456. The van der Waals surface area contributed by atoms with Crippen LogP contribution in [-0.2, 0) is 4.74 Å². The number of rotatable bonds is 10. The van der Waals surface area contributed by atoms with E-state index < -0.39 is 11.8 Å². The largest absolute Gasteiger partial charge is 0.491 e. The maximum Gasteiger partial charge on any atom is 0.340 e. The van der Waals surface area contributed by atoms with E-state index in [0.717, 1.165) is 6.42 Å². The van der Waals surface area contributed by atoms with E-state index in [9.17, 15) is 14.3 Å². The molecule has 0 saturated heterocycles. The molecule has 0 bridgehead atoms. The Morgan fingerprint density at radius 3 is 2.59 bits per heavy atom. The number of hydrogen-bond acceptors (Lipinski definition) is 5. The Bertz CT molecular complexity index is 981. The molecule has 3 rings (SSSR count). The predicted molar refractivity (Wildman–Crippen MR) is 109 cm³/mol. The summed E-state index contributed by atoms with van der Waals surface area (Å²) in [4.78, 5) is 12.0. The molecule has 6 nitrogen and oxygen atoms in total. The van der Waals surface area contributed by atoms with Gasteiger partial charge < -0.3 is 24.3 Å². The van der Waals surface area contributed by atoms with Crippen LogP contribution in [0.2, 0.25) is 0 Å². The number of aromatic carboxylic acids is 1. The Kier molecular flexibility index (Phi) is 6.72. The molecule has 0 atom stereocenters. The number of fused-ring (bicyclic) bond motifs is 1. The monoisotopic (exact) mass is 401 g/mol. The summed E-state index contributed by atoms with van der Waals surface area (Å²) in [6, 6.07) is 8.94. The minimum Gasteiger partial charge on any atom is -0.491 e. The third-order valence-electron chi connectivity index (χ3n) is 4.37. The average molecular weight is 401 g/mol. The first-order valence-corrected chi connectivity index (χ1v) is 9.59. The Hall–Kier alpha value is -3.06. The van der Waals surface area contributed by atoms with Gasteiger partial charge in [-0.3, -0.25) is 0 Å². The van der Waals surface area contributed by atoms with Crippen molar-refractivity contribution in [2.75, 3.05) is 31.7 Å². The van der Waals surface area contributed by atoms with Crippen molar-refractivity contribution in [3.63, 3.8) is 0 Å². The Morgan fingerprint density at radius 2 is 1.93 bits per heavy atom. The second kappa shape index (κ2) is 9.43. The maximum absolute atomic E-state index is 13.3. The van der Waals surface area contributed by atoms with Gasteiger partial charge in [0, 0.05) is 43.2 Å². The van der Waals surface area contributed by atoms with Crippen LogP contribution in [-0.4, -0.2) is 37.4 Å². The molecule has 0 aliphatic heterocycles. The van der Waals surface area contributed by atoms with Gasteiger partial charge in [0.05, 0.1) is 12.3 Å². The summed E-state index contributed by atoms with van der Waals surface area (Å²) in [6.45, 7) is 6.24. The zero-order valence-electron chi connectivity index (χ0n) is 16.5. The SMILES string of the molecule is CCNc1cc2oc(-c3ccc(F)cc3)c(C(=O)O)c2cc1OCCCOCC. The van der Waals surface area contributed by atoms with E-state index in [1.165, 1.54) is 24.3 Å². The zero-order valence-corrected chi connectivity index (χ0v) is 16.5. The van der Waals surface area contributed by atoms with Crippen LogP contribution in [0.5, 0.6) is 5.75 Å². The summed E-state index contributed by atoms with van der Waals surface area (Å²) >= 11 is 0. The number of halogens is 1. The van der Waals surface area contributed by atoms with Gasteiger partial charge in [0.1, 0.15) is 28.5 Å². The lowest BCUT2D eigenvalue weighted by molar-refractivity contribution is 0.0699. The van der Waals surface area contributed by atoms with E-state index in [4.69, 9.17) is 13.9 Å². The van der Waals surface area contributed by atoms with Crippen molar-refractivity contribution in [2.45, 2.75) is 20.3 Å². The predicted octanol–water partition coefficient (Wildman–Crippen LogP) is 5.17. The number of furan rings is 1. The van der Waals surface area contributed by atoms with Crippen LogP contribution in [0.1, 0.15) is 30.6 Å². The highest BCUT2D eigenvalue weighted by Gasteiger charge is 2.23. The van der Waals surface area contributed by atoms with Crippen LogP contribution >= 0.6 is 0 Å². The van der Waals surface area contributed by atoms with Crippen LogP contribution < -0.4 is 10.1 Å². The number of anilines is 1. The number of carbonyl (C=O) groups is 1. The van der Waals surface area contributed by atoms with E-state index >= 15 is 0 Å². The van der Waals surface area contributed by atoms with Crippen molar-refractivity contribution in [1.82, 2.24) is 0 Å². The number of nitrogens with one attached hydrogen (secondary N) is 1. The van der Waals surface area contributed by atoms with Gasteiger partial charge in [-0.1, -0.05) is 0 Å². The first kappa shape index (κ1) is 20.7. The van der Waals surface area contributed by atoms with E-state index in [1.807, 2.05) is 13.8 Å². The Labute approximate surface area is 168 Å². The molecule has 154 valence electrons. The number of benzene rings is 2. The van der Waals surface area contributed by atoms with Gasteiger partial charge in [-0.25, -0.2) is 9.18 Å². The molecule has 29 heavy (non-hydrogen) atoms. The second-order valence-corrected chi connectivity index (χ2v) is 6.39. The summed E-state index contributed by atoms with van der Waals surface area (Å²) in [6.07, 6.45) is 0.718. The molecule has 2 N–H and O–H groups in total. The van der Waals surface area contributed by atoms with Crippen LogP contribution in [0.25, 0.3) is 22.3 Å². The highest BCUT2D eigenvalue weighted by molar-refractivity contribution is 6.09. The molecule has 0 saturated carbocycles. The standard InChI is InChI=1S/C22H24FNO5/c1-3-24-17-13-18-16(12-19(17)28-11-5-10-27-4-2)20(22(25)26)21(29-18)14-6-8-15(23)9-7-14/h6-9,12-13,24H,3-5,10-11H2,1-2H3,(H,25,26). The number of ether oxygens (including phenoxy) is 2. The fourth-order valence-electron chi connectivity index (χ4n) is 3.08. The van der Waals surface area contributed by atoms with Crippen molar-refractivity contribution >= 4 is 22.6 Å². The summed E-state index contributed by atoms with van der Waals surface area (Å²) in [5.74, 6) is -0.797. The van der Waals surface area contributed by atoms with Gasteiger partial charge in [-0.05, 0) is 44.2 Å². The topological polar surface area (TPSA) is 80.9 Å². The second-order valence-electron chi connectivity index (χ2n) is 6.39. The molecule has 0 spiro atoms. The molecule has 3 aromatic rings. The molecule has 1 heterocycles. The molecule has 0 aliphatic rings. The van der Waals surface area contributed by atoms with Crippen LogP contribution in [0.15, 0.2) is 40.8 Å². The number of hydrogen-bond donors (Lipinski definition) is 2. The molecular formula is C22H24FNO5. The molecule has 1 aromatic heterocycles. The van der Waals surface area contributed by atoms with E-state index in [-0.39, 0.29) is 11.3 Å². The van der Waals surface area contributed by atoms with Crippen LogP contribution in [0, 0.1) is 5.82 Å². The molecular weight excluding hydrogens is 377 g/mol. The lowest BCUT2D eigenvalue weighted by atomic mass is 10.0. The van der Waals surface area contributed by atoms with E-state index in [2.05, 4.69) is 5.32 Å². The summed E-state index contributed by atoms with van der Waals surface area (Å²) in [5.41, 5.74) is 1.64. The molecule has 0 aliphatic carbocycles. The number of carboxylic acids is 1. The minimum absolute atomic E-state index is 0.0221. The van der Waals surface area contributed by atoms with Crippen molar-refractivity contribution in [3.05, 3.63) is 47.8 Å². The van der Waals surface area contributed by atoms with Gasteiger partial charge >= 0.3 is 5.97 Å². The lowest BCUT2D eigenvalue weighted by Gasteiger charge is -2.12. The smallest absolute Gasteiger partial charge is 0.340 e. The molecule has 0 unspecified atom stereocenters. The first-order chi connectivity index (χ1) is 14.0. The van der Waals surface area contributed by atoms with Crippen LogP contribution in [0.3, 0.4) is 0 Å². The van der Waals surface area contributed by atoms with Gasteiger partial charge in [0.15, 0.2) is 0 Å². The zero-order chi connectivity index (χ0) is 20.8. The average Bonchev–Trinajstić information content (AvgIpc) is 3.07. The normalized spacial score (nSPS) is 11.0. The van der Waals surface area contributed by atoms with Crippen molar-refractivity contribution in [2.24, 2.45) is 0 Å². The minimum atomic E-state index is -1.12. The van der Waals surface area contributed by atoms with Gasteiger partial charge in [-0.15, -0.1) is 0 Å². The molecule has 0 radical (unpaired) electrons. The van der Waals surface area contributed by atoms with Crippen LogP contribution in [0.4, 0.5) is 10.1 Å². The third kappa shape index (κ3) is 4.68. The highest BCUT2D eigenvalue weighted by atomic mass is 19.1. The first-order valence-electron chi connectivity index (χ1n) is 9.59. The van der Waals surface area contributed by atoms with Crippen molar-refractivity contribution < 1.29 is 28.2 Å². The summed E-state index contributed by atoms with van der Waals surface area (Å²) in [5, 5.41) is 13.4. The van der Waals surface area contributed by atoms with E-state index in [0.29, 0.717) is 54.3 Å². The van der Waals surface area contributed by atoms with Crippen molar-refractivity contribution in [3.8, 4) is 17.1 Å². The van der Waals surface area contributed by atoms with Crippen molar-refractivity contribution in [1.29, 1.82) is 0 Å². The van der Waals surface area contributed by atoms with Gasteiger partial charge in [0.25, 0.3) is 0 Å². The van der Waals surface area contributed by atoms with Gasteiger partial charge in [0.2, 0.25) is 0 Å².